The van der Waals surface area contributed by atoms with Gasteiger partial charge in [0.05, 0.1) is 0 Å². The van der Waals surface area contributed by atoms with Gasteiger partial charge in [-0.25, -0.2) is 0 Å². The number of benzene rings is 1. The Balaban J connectivity index is 2.08. The van der Waals surface area contributed by atoms with E-state index < -0.39 is 0 Å². The molecule has 2 nitrogen and oxygen atoms in total. The maximum atomic E-state index is 12.0. The first-order valence-corrected chi connectivity index (χ1v) is 6.44. The van der Waals surface area contributed by atoms with Crippen molar-refractivity contribution in [3.63, 3.8) is 0 Å². The van der Waals surface area contributed by atoms with Gasteiger partial charge in [0.25, 0.3) is 0 Å². The van der Waals surface area contributed by atoms with Crippen LogP contribution >= 0.6 is 11.3 Å². The summed E-state index contributed by atoms with van der Waals surface area (Å²) in [4.78, 5) is 13.1. The minimum absolute atomic E-state index is 0.125. The van der Waals surface area contributed by atoms with Crippen LogP contribution in [-0.2, 0) is 0 Å². The lowest BCUT2D eigenvalue weighted by Crippen LogP contribution is -2.15. The van der Waals surface area contributed by atoms with Gasteiger partial charge in [-0.1, -0.05) is 30.3 Å². The normalized spacial score (nSPS) is 12.4. The van der Waals surface area contributed by atoms with Crippen LogP contribution in [0.1, 0.15) is 33.3 Å². The maximum Gasteiger partial charge on any atom is 0.165 e. The smallest absolute Gasteiger partial charge is 0.165 e. The Hall–Kier alpha value is -1.45. The molecule has 88 valence electrons. The van der Waals surface area contributed by atoms with E-state index in [1.165, 1.54) is 0 Å². The maximum absolute atomic E-state index is 12.0. The van der Waals surface area contributed by atoms with Crippen LogP contribution in [0.2, 0.25) is 0 Å². The topological polar surface area (TPSA) is 43.1 Å². The Kier molecular flexibility index (Phi) is 3.71. The Morgan fingerprint density at radius 2 is 2.00 bits per heavy atom. The molecule has 0 saturated carbocycles. The van der Waals surface area contributed by atoms with Crippen LogP contribution in [0.15, 0.2) is 41.8 Å². The second kappa shape index (κ2) is 5.25. The second-order valence-corrected chi connectivity index (χ2v) is 5.16. The van der Waals surface area contributed by atoms with Crippen LogP contribution in [0.4, 0.5) is 0 Å². The molecule has 3 heteroatoms. The number of rotatable bonds is 4. The van der Waals surface area contributed by atoms with E-state index in [2.05, 4.69) is 0 Å². The van der Waals surface area contributed by atoms with Crippen molar-refractivity contribution in [2.75, 3.05) is 0 Å². The Bertz CT molecular complexity index is 504. The highest BCUT2D eigenvalue weighted by Gasteiger charge is 2.15. The van der Waals surface area contributed by atoms with Gasteiger partial charge in [-0.15, -0.1) is 11.3 Å². The zero-order valence-corrected chi connectivity index (χ0v) is 10.5. The predicted octanol–water partition coefficient (Wildman–Crippen LogP) is 3.33. The molecule has 1 heterocycles. The summed E-state index contributed by atoms with van der Waals surface area (Å²) in [5.41, 5.74) is 7.85. The van der Waals surface area contributed by atoms with Gasteiger partial charge in [-0.05, 0) is 23.9 Å². The third kappa shape index (κ3) is 2.81. The number of carbonyl (C=O) groups is 1. The fourth-order valence-corrected chi connectivity index (χ4v) is 2.52. The van der Waals surface area contributed by atoms with E-state index in [-0.39, 0.29) is 11.8 Å². The van der Waals surface area contributed by atoms with Crippen LogP contribution in [0, 0.1) is 6.92 Å². The molecule has 0 amide bonds. The fraction of sp³-hybridized carbons (Fsp3) is 0.214. The summed E-state index contributed by atoms with van der Waals surface area (Å²) in [5, 5.41) is 1.94. The number of thiophene rings is 1. The second-order valence-electron chi connectivity index (χ2n) is 4.03. The molecule has 0 aliphatic carbocycles. The van der Waals surface area contributed by atoms with Gasteiger partial charge >= 0.3 is 0 Å². The van der Waals surface area contributed by atoms with Crippen molar-refractivity contribution in [1.29, 1.82) is 0 Å². The van der Waals surface area contributed by atoms with Crippen molar-refractivity contribution < 1.29 is 4.79 Å². The number of Topliss-reactive ketones (excluding diaryl/α,β-unsaturated/α-hetero) is 1. The van der Waals surface area contributed by atoms with Crippen molar-refractivity contribution in [3.8, 4) is 0 Å². The highest BCUT2D eigenvalue weighted by atomic mass is 32.1. The van der Waals surface area contributed by atoms with Crippen molar-refractivity contribution in [1.82, 2.24) is 0 Å². The average molecular weight is 245 g/mol. The first kappa shape index (κ1) is 12.0. The van der Waals surface area contributed by atoms with Gasteiger partial charge in [0, 0.05) is 22.9 Å². The van der Waals surface area contributed by atoms with Gasteiger partial charge < -0.3 is 5.73 Å². The van der Waals surface area contributed by atoms with Gasteiger partial charge in [0.15, 0.2) is 5.78 Å². The molecule has 17 heavy (non-hydrogen) atoms. The average Bonchev–Trinajstić information content (AvgIpc) is 2.76. The summed E-state index contributed by atoms with van der Waals surface area (Å²) in [6.07, 6.45) is 0.363. The number of aryl methyl sites for hydroxylation is 1. The molecule has 1 atom stereocenters. The first-order chi connectivity index (χ1) is 8.18. The van der Waals surface area contributed by atoms with E-state index in [1.54, 1.807) is 11.3 Å². The summed E-state index contributed by atoms with van der Waals surface area (Å²) in [6.45, 7) is 1.96. The Morgan fingerprint density at radius 3 is 2.59 bits per heavy atom. The third-order valence-electron chi connectivity index (χ3n) is 2.79. The van der Waals surface area contributed by atoms with Crippen molar-refractivity contribution in [2.45, 2.75) is 19.4 Å². The number of hydrogen-bond donors (Lipinski definition) is 1. The van der Waals surface area contributed by atoms with Gasteiger partial charge in [0.1, 0.15) is 0 Å². The highest BCUT2D eigenvalue weighted by molar-refractivity contribution is 7.10. The molecule has 1 aromatic carbocycles. The summed E-state index contributed by atoms with van der Waals surface area (Å²) in [5.74, 6) is 0.125. The van der Waals surface area contributed by atoms with E-state index in [1.807, 2.05) is 48.7 Å². The minimum atomic E-state index is -0.219. The van der Waals surface area contributed by atoms with Crippen LogP contribution in [0.5, 0.6) is 0 Å². The van der Waals surface area contributed by atoms with Crippen molar-refractivity contribution in [3.05, 3.63) is 57.8 Å². The first-order valence-electron chi connectivity index (χ1n) is 5.56. The molecule has 1 unspecified atom stereocenters. The Morgan fingerprint density at radius 1 is 1.29 bits per heavy atom. The fourth-order valence-electron chi connectivity index (χ4n) is 1.80. The number of ketones is 1. The van der Waals surface area contributed by atoms with E-state index in [0.717, 1.165) is 16.0 Å². The largest absolute Gasteiger partial charge is 0.324 e. The summed E-state index contributed by atoms with van der Waals surface area (Å²) >= 11 is 1.59. The summed E-state index contributed by atoms with van der Waals surface area (Å²) in [7, 11) is 0. The monoisotopic (exact) mass is 245 g/mol. The van der Waals surface area contributed by atoms with E-state index in [9.17, 15) is 4.79 Å². The zero-order valence-electron chi connectivity index (χ0n) is 9.72. The van der Waals surface area contributed by atoms with Crippen molar-refractivity contribution >= 4 is 17.1 Å². The van der Waals surface area contributed by atoms with Crippen LogP contribution in [0.3, 0.4) is 0 Å². The summed E-state index contributed by atoms with van der Waals surface area (Å²) < 4.78 is 0. The molecule has 2 N–H and O–H groups in total. The summed E-state index contributed by atoms with van der Waals surface area (Å²) in [6, 6.07) is 11.4. The molecular formula is C14H15NOS. The third-order valence-corrected chi connectivity index (χ3v) is 3.64. The molecule has 0 fully saturated rings. The molecule has 0 bridgehead atoms. The standard InChI is InChI=1S/C14H15NOS/c1-10-12(7-8-17-10)14(16)9-13(15)11-5-3-2-4-6-11/h2-8,13H,9,15H2,1H3. The number of nitrogens with two attached hydrogens (primary N) is 1. The van der Waals surface area contributed by atoms with Gasteiger partial charge in [-0.3, -0.25) is 4.79 Å². The van der Waals surface area contributed by atoms with E-state index >= 15 is 0 Å². The van der Waals surface area contributed by atoms with Gasteiger partial charge in [0.2, 0.25) is 0 Å². The zero-order chi connectivity index (χ0) is 12.3. The molecular weight excluding hydrogens is 230 g/mol. The molecule has 1 aromatic heterocycles. The van der Waals surface area contributed by atoms with Crippen molar-refractivity contribution in [2.24, 2.45) is 5.73 Å². The molecule has 0 radical (unpaired) electrons. The highest BCUT2D eigenvalue weighted by Crippen LogP contribution is 2.21. The molecule has 0 aliphatic heterocycles. The minimum Gasteiger partial charge on any atom is -0.324 e. The molecule has 0 spiro atoms. The SMILES string of the molecule is Cc1sccc1C(=O)CC(N)c1ccccc1. The number of carbonyl (C=O) groups excluding carboxylic acids is 1. The lowest BCUT2D eigenvalue weighted by Gasteiger charge is -2.10. The molecule has 0 aliphatic rings. The lowest BCUT2D eigenvalue weighted by molar-refractivity contribution is 0.0974. The van der Waals surface area contributed by atoms with Crippen LogP contribution in [-0.4, -0.2) is 5.78 Å². The molecule has 0 saturated heterocycles. The predicted molar refractivity (Wildman–Crippen MR) is 71.4 cm³/mol. The van der Waals surface area contributed by atoms with E-state index in [4.69, 9.17) is 5.73 Å². The van der Waals surface area contributed by atoms with Crippen LogP contribution in [0.25, 0.3) is 0 Å². The lowest BCUT2D eigenvalue weighted by atomic mass is 9.99. The van der Waals surface area contributed by atoms with Crippen LogP contribution < -0.4 is 5.73 Å². The van der Waals surface area contributed by atoms with E-state index in [0.29, 0.717) is 6.42 Å². The number of hydrogen-bond acceptors (Lipinski definition) is 3. The van der Waals surface area contributed by atoms with Gasteiger partial charge in [-0.2, -0.15) is 0 Å². The molecule has 2 aromatic rings. The Labute approximate surface area is 105 Å². The molecule has 2 rings (SSSR count). The quantitative estimate of drug-likeness (QED) is 0.840.